The molecule has 0 unspecified atom stereocenters. The maximum absolute atomic E-state index is 12.9. The molecule has 0 aliphatic rings. The molecule has 0 heterocycles. The predicted octanol–water partition coefficient (Wildman–Crippen LogP) is 20.0. The first-order chi connectivity index (χ1) is 34.0. The Kier molecular flexibility index (Phi) is 55.3. The van der Waals surface area contributed by atoms with Crippen LogP contribution in [-0.2, 0) is 28.6 Å². The van der Waals surface area contributed by atoms with Crippen molar-refractivity contribution in [3.63, 3.8) is 0 Å². The smallest absolute Gasteiger partial charge is 0.306 e. The van der Waals surface area contributed by atoms with Gasteiger partial charge in [0.15, 0.2) is 6.10 Å². The fourth-order valence-corrected chi connectivity index (χ4v) is 8.48. The number of ether oxygens (including phenoxy) is 3. The van der Waals surface area contributed by atoms with Gasteiger partial charge in [0.1, 0.15) is 13.2 Å². The summed E-state index contributed by atoms with van der Waals surface area (Å²) in [6.45, 7) is 6.61. The number of unbranched alkanes of at least 4 members (excludes halogenated alkanes) is 33. The van der Waals surface area contributed by atoms with Crippen LogP contribution in [0.15, 0.2) is 60.8 Å². The largest absolute Gasteiger partial charge is 0.462 e. The summed E-state index contributed by atoms with van der Waals surface area (Å²) in [6.07, 6.45) is 72.1. The molecule has 1 atom stereocenters. The maximum Gasteiger partial charge on any atom is 0.306 e. The molecule has 0 N–H and O–H groups in total. The van der Waals surface area contributed by atoms with Crippen LogP contribution in [-0.4, -0.2) is 37.2 Å². The van der Waals surface area contributed by atoms with Crippen LogP contribution in [0.3, 0.4) is 0 Å². The average Bonchev–Trinajstić information content (AvgIpc) is 3.35. The molecule has 0 radical (unpaired) electrons. The highest BCUT2D eigenvalue weighted by molar-refractivity contribution is 5.71. The van der Waals surface area contributed by atoms with E-state index in [9.17, 15) is 14.4 Å². The van der Waals surface area contributed by atoms with Crippen LogP contribution < -0.4 is 0 Å². The minimum Gasteiger partial charge on any atom is -0.462 e. The lowest BCUT2D eigenvalue weighted by Gasteiger charge is -2.18. The second kappa shape index (κ2) is 57.7. The normalized spacial score (nSPS) is 12.4. The summed E-state index contributed by atoms with van der Waals surface area (Å²) in [5.74, 6) is -0.911. The van der Waals surface area contributed by atoms with E-state index in [2.05, 4.69) is 81.5 Å². The molecule has 400 valence electrons. The van der Waals surface area contributed by atoms with Crippen molar-refractivity contribution in [1.82, 2.24) is 0 Å². The lowest BCUT2D eigenvalue weighted by Crippen LogP contribution is -2.30. The molecule has 6 nitrogen and oxygen atoms in total. The number of hydrogen-bond donors (Lipinski definition) is 0. The van der Waals surface area contributed by atoms with Gasteiger partial charge in [0.2, 0.25) is 0 Å². The molecule has 0 aliphatic heterocycles. The first-order valence-electron chi connectivity index (χ1n) is 29.8. The fraction of sp³-hybridized carbons (Fsp3) is 0.794. The molecular formula is C63H112O6. The van der Waals surface area contributed by atoms with Crippen LogP contribution in [0.4, 0.5) is 0 Å². The SMILES string of the molecule is CCCCC/C=C\C/C=C\C/C=C\C/C=C\CCCCCC(=O)OC[C@H](COC(=O)CCCCCCC/C=C\CCCCCCCC)OC(=O)CCCCCCCCCCCCCCCCCCC. The van der Waals surface area contributed by atoms with Crippen LogP contribution in [0.5, 0.6) is 0 Å². The van der Waals surface area contributed by atoms with E-state index in [1.807, 2.05) is 0 Å². The van der Waals surface area contributed by atoms with E-state index in [-0.39, 0.29) is 31.1 Å². The van der Waals surface area contributed by atoms with Crippen LogP contribution in [0, 0.1) is 0 Å². The third-order valence-corrected chi connectivity index (χ3v) is 13.0. The zero-order chi connectivity index (χ0) is 50.0. The molecule has 0 saturated heterocycles. The van der Waals surface area contributed by atoms with Gasteiger partial charge in [-0.05, 0) is 89.9 Å². The van der Waals surface area contributed by atoms with Gasteiger partial charge in [-0.15, -0.1) is 0 Å². The van der Waals surface area contributed by atoms with Gasteiger partial charge in [0, 0.05) is 19.3 Å². The lowest BCUT2D eigenvalue weighted by molar-refractivity contribution is -0.167. The Labute approximate surface area is 428 Å². The van der Waals surface area contributed by atoms with E-state index < -0.39 is 6.10 Å². The van der Waals surface area contributed by atoms with Crippen molar-refractivity contribution in [3.8, 4) is 0 Å². The van der Waals surface area contributed by atoms with Gasteiger partial charge in [-0.1, -0.05) is 255 Å². The molecule has 0 aliphatic carbocycles. The molecule has 69 heavy (non-hydrogen) atoms. The van der Waals surface area contributed by atoms with Gasteiger partial charge in [0.05, 0.1) is 0 Å². The summed E-state index contributed by atoms with van der Waals surface area (Å²) in [6, 6.07) is 0. The Morgan fingerprint density at radius 3 is 0.870 bits per heavy atom. The second-order valence-electron chi connectivity index (χ2n) is 19.9. The lowest BCUT2D eigenvalue weighted by atomic mass is 10.0. The molecule has 0 saturated carbocycles. The quantitative estimate of drug-likeness (QED) is 0.0262. The molecule has 0 amide bonds. The topological polar surface area (TPSA) is 78.9 Å². The van der Waals surface area contributed by atoms with Crippen LogP contribution in [0.1, 0.15) is 303 Å². The van der Waals surface area contributed by atoms with Gasteiger partial charge < -0.3 is 14.2 Å². The van der Waals surface area contributed by atoms with Gasteiger partial charge in [-0.2, -0.15) is 0 Å². The summed E-state index contributed by atoms with van der Waals surface area (Å²) in [4.78, 5) is 38.2. The third kappa shape index (κ3) is 55.9. The highest BCUT2D eigenvalue weighted by Crippen LogP contribution is 2.16. The Morgan fingerprint density at radius 2 is 0.522 bits per heavy atom. The fourth-order valence-electron chi connectivity index (χ4n) is 8.48. The number of allylic oxidation sites excluding steroid dienone is 10. The summed E-state index contributed by atoms with van der Waals surface area (Å²) in [5, 5.41) is 0. The van der Waals surface area contributed by atoms with Crippen molar-refractivity contribution in [2.24, 2.45) is 0 Å². The van der Waals surface area contributed by atoms with E-state index in [4.69, 9.17) is 14.2 Å². The zero-order valence-corrected chi connectivity index (χ0v) is 45.8. The molecule has 0 spiro atoms. The van der Waals surface area contributed by atoms with E-state index >= 15 is 0 Å². The van der Waals surface area contributed by atoms with E-state index in [0.717, 1.165) is 89.9 Å². The van der Waals surface area contributed by atoms with Gasteiger partial charge in [-0.3, -0.25) is 14.4 Å². The molecule has 0 rings (SSSR count). The number of carbonyl (C=O) groups is 3. The minimum atomic E-state index is -0.789. The van der Waals surface area contributed by atoms with E-state index in [1.54, 1.807) is 0 Å². The van der Waals surface area contributed by atoms with Gasteiger partial charge >= 0.3 is 17.9 Å². The molecule has 0 aromatic carbocycles. The van der Waals surface area contributed by atoms with Crippen molar-refractivity contribution >= 4 is 17.9 Å². The Balaban J connectivity index is 4.42. The van der Waals surface area contributed by atoms with Crippen molar-refractivity contribution in [3.05, 3.63) is 60.8 Å². The van der Waals surface area contributed by atoms with Crippen molar-refractivity contribution in [1.29, 1.82) is 0 Å². The first kappa shape index (κ1) is 66.1. The molecular weight excluding hydrogens is 853 g/mol. The first-order valence-corrected chi connectivity index (χ1v) is 29.8. The molecule has 0 fully saturated rings. The van der Waals surface area contributed by atoms with Crippen LogP contribution in [0.25, 0.3) is 0 Å². The van der Waals surface area contributed by atoms with Gasteiger partial charge in [-0.25, -0.2) is 0 Å². The Hall–Kier alpha value is -2.89. The Bertz CT molecular complexity index is 1250. The molecule has 0 aromatic rings. The number of rotatable bonds is 54. The second-order valence-corrected chi connectivity index (χ2v) is 19.9. The molecule has 0 bridgehead atoms. The van der Waals surface area contributed by atoms with E-state index in [1.165, 1.54) is 173 Å². The highest BCUT2D eigenvalue weighted by atomic mass is 16.6. The highest BCUT2D eigenvalue weighted by Gasteiger charge is 2.19. The standard InChI is InChI=1S/C63H112O6/c1-4-7-10-13-16-19-22-25-28-30-31-33-35-38-41-44-47-50-53-56-62(65)68-59-60(58-67-61(64)55-52-49-46-43-40-37-34-27-24-21-18-15-12-9-6-3)69-63(66)57-54-51-48-45-42-39-36-32-29-26-23-20-17-14-11-8-5-2/h16,19,25,27-28,31,33-34,38,41,60H,4-15,17-18,20-24,26,29-30,32,35-37,39-40,42-59H2,1-3H3/b19-16-,28-25-,33-31-,34-27-,41-38-/t60-/m0/s1. The average molecular weight is 966 g/mol. The van der Waals surface area contributed by atoms with Crippen molar-refractivity contribution in [2.75, 3.05) is 13.2 Å². The zero-order valence-electron chi connectivity index (χ0n) is 45.8. The maximum atomic E-state index is 12.9. The summed E-state index contributed by atoms with van der Waals surface area (Å²) in [7, 11) is 0. The van der Waals surface area contributed by atoms with Crippen LogP contribution >= 0.6 is 0 Å². The number of carbonyl (C=O) groups excluding carboxylic acids is 3. The molecule has 6 heteroatoms. The van der Waals surface area contributed by atoms with Gasteiger partial charge in [0.25, 0.3) is 0 Å². The van der Waals surface area contributed by atoms with Crippen LogP contribution in [0.2, 0.25) is 0 Å². The predicted molar refractivity (Wildman–Crippen MR) is 298 cm³/mol. The summed E-state index contributed by atoms with van der Waals surface area (Å²) >= 11 is 0. The molecule has 0 aromatic heterocycles. The Morgan fingerprint density at radius 1 is 0.290 bits per heavy atom. The summed E-state index contributed by atoms with van der Waals surface area (Å²) in [5.41, 5.74) is 0. The number of esters is 3. The van der Waals surface area contributed by atoms with Crippen molar-refractivity contribution in [2.45, 2.75) is 309 Å². The summed E-state index contributed by atoms with van der Waals surface area (Å²) < 4.78 is 16.9. The number of hydrogen-bond acceptors (Lipinski definition) is 6. The van der Waals surface area contributed by atoms with Crippen molar-refractivity contribution < 1.29 is 28.6 Å². The minimum absolute atomic E-state index is 0.0863. The van der Waals surface area contributed by atoms with E-state index in [0.29, 0.717) is 19.3 Å². The monoisotopic (exact) mass is 965 g/mol. The third-order valence-electron chi connectivity index (χ3n) is 13.0.